The molecule has 0 aliphatic heterocycles. The molecule has 0 radical (unpaired) electrons. The largest absolute Gasteiger partial charge is 0.481 e. The normalized spacial score (nSPS) is 12.2. The van der Waals surface area contributed by atoms with E-state index >= 15 is 0 Å². The second-order valence-electron chi connectivity index (χ2n) is 6.18. The number of ether oxygens (including phenoxy) is 1. The molecule has 6 nitrogen and oxygen atoms in total. The summed E-state index contributed by atoms with van der Waals surface area (Å²) in [7, 11) is 1.93. The van der Waals surface area contributed by atoms with Crippen LogP contribution in [0.2, 0.25) is 0 Å². The van der Waals surface area contributed by atoms with Gasteiger partial charge in [0.05, 0.1) is 5.75 Å². The van der Waals surface area contributed by atoms with Gasteiger partial charge in [0, 0.05) is 24.0 Å². The van der Waals surface area contributed by atoms with Crippen LogP contribution in [-0.2, 0) is 7.05 Å². The molecule has 0 aliphatic rings. The Morgan fingerprint density at radius 1 is 1.30 bits per heavy atom. The Labute approximate surface area is 160 Å². The van der Waals surface area contributed by atoms with E-state index in [4.69, 9.17) is 9.15 Å². The molecule has 0 aliphatic carbocycles. The lowest BCUT2D eigenvalue weighted by Crippen LogP contribution is -2.04. The summed E-state index contributed by atoms with van der Waals surface area (Å²) in [5.74, 6) is 0.679. The van der Waals surface area contributed by atoms with Crippen LogP contribution in [0.1, 0.15) is 40.7 Å². The number of aromatic nitrogens is 3. The summed E-state index contributed by atoms with van der Waals surface area (Å²) in [6, 6.07) is 7.57. The number of aryl methyl sites for hydroxylation is 1. The maximum atomic E-state index is 12.9. The first-order valence-electron chi connectivity index (χ1n) is 8.39. The number of thioether (sulfide) groups is 1. The molecule has 1 atom stereocenters. The molecule has 0 saturated carbocycles. The van der Waals surface area contributed by atoms with Gasteiger partial charge in [-0.15, -0.1) is 10.2 Å². The molecule has 0 N–H and O–H groups in total. The maximum Gasteiger partial charge on any atom is 0.277 e. The molecular weight excluding hydrogens is 369 g/mol. The molecule has 0 saturated heterocycles. The van der Waals surface area contributed by atoms with E-state index in [-0.39, 0.29) is 17.4 Å². The second-order valence-corrected chi connectivity index (χ2v) is 7.10. The van der Waals surface area contributed by atoms with Gasteiger partial charge in [-0.3, -0.25) is 4.79 Å². The lowest BCUT2D eigenvalue weighted by atomic mass is 10.2. The molecule has 142 valence electrons. The smallest absolute Gasteiger partial charge is 0.277 e. The third kappa shape index (κ3) is 4.39. The Kier molecular flexibility index (Phi) is 5.65. The summed E-state index contributed by atoms with van der Waals surface area (Å²) in [5.41, 5.74) is 2.67. The van der Waals surface area contributed by atoms with Gasteiger partial charge in [-0.2, -0.15) is 0 Å². The van der Waals surface area contributed by atoms with Crippen molar-refractivity contribution in [2.24, 2.45) is 7.05 Å². The molecule has 0 unspecified atom stereocenters. The van der Waals surface area contributed by atoms with Crippen LogP contribution in [-0.4, -0.2) is 26.3 Å². The molecule has 0 fully saturated rings. The highest BCUT2D eigenvalue weighted by molar-refractivity contribution is 7.99. The average Bonchev–Trinajstić information content (AvgIpc) is 3.22. The molecule has 27 heavy (non-hydrogen) atoms. The Balaban J connectivity index is 1.59. The SMILES string of the molecule is Cc1cc(C(=O)CSc2nnc([C@H](C)Oc3ccc(F)cc3)o2)c(C)n1C. The fourth-order valence-corrected chi connectivity index (χ4v) is 3.21. The van der Waals surface area contributed by atoms with Crippen LogP contribution in [0, 0.1) is 19.7 Å². The molecule has 3 aromatic rings. The zero-order valence-corrected chi connectivity index (χ0v) is 16.3. The Bertz CT molecular complexity index is 950. The summed E-state index contributed by atoms with van der Waals surface area (Å²) in [6.07, 6.45) is -0.493. The quantitative estimate of drug-likeness (QED) is 0.444. The lowest BCUT2D eigenvalue weighted by molar-refractivity contribution is 0.102. The number of nitrogens with zero attached hydrogens (tertiary/aromatic N) is 3. The number of halogens is 1. The van der Waals surface area contributed by atoms with Gasteiger partial charge in [0.2, 0.25) is 0 Å². The standard InChI is InChI=1S/C19H20FN3O3S/c1-11-9-16(12(2)23(11)4)17(24)10-27-19-22-21-18(26-19)13(3)25-15-7-5-14(20)6-8-15/h5-9,13H,10H2,1-4H3/t13-/m0/s1. The molecule has 0 spiro atoms. The molecule has 1 aromatic carbocycles. The molecule has 0 amide bonds. The van der Waals surface area contributed by atoms with Crippen LogP contribution < -0.4 is 4.74 Å². The molecule has 8 heteroatoms. The number of rotatable bonds is 7. The van der Waals surface area contributed by atoms with Crippen LogP contribution in [0.5, 0.6) is 5.75 Å². The Morgan fingerprint density at radius 3 is 2.63 bits per heavy atom. The van der Waals surface area contributed by atoms with E-state index in [0.717, 1.165) is 11.4 Å². The third-order valence-corrected chi connectivity index (χ3v) is 5.12. The van der Waals surface area contributed by atoms with E-state index in [2.05, 4.69) is 10.2 Å². The monoisotopic (exact) mass is 389 g/mol. The lowest BCUT2D eigenvalue weighted by Gasteiger charge is -2.10. The summed E-state index contributed by atoms with van der Waals surface area (Å²) in [5, 5.41) is 8.22. The Morgan fingerprint density at radius 2 is 2.00 bits per heavy atom. The number of carbonyl (C=O) groups is 1. The van der Waals surface area contributed by atoms with E-state index in [1.807, 2.05) is 31.5 Å². The summed E-state index contributed by atoms with van der Waals surface area (Å²) in [6.45, 7) is 5.64. The van der Waals surface area contributed by atoms with Gasteiger partial charge in [-0.25, -0.2) is 4.39 Å². The highest BCUT2D eigenvalue weighted by atomic mass is 32.2. The number of benzene rings is 1. The first-order valence-corrected chi connectivity index (χ1v) is 9.38. The van der Waals surface area contributed by atoms with Crippen molar-refractivity contribution in [3.63, 3.8) is 0 Å². The van der Waals surface area contributed by atoms with E-state index in [0.29, 0.717) is 22.4 Å². The van der Waals surface area contributed by atoms with Crippen molar-refractivity contribution >= 4 is 17.5 Å². The minimum atomic E-state index is -0.493. The fraction of sp³-hybridized carbons (Fsp3) is 0.316. The number of hydrogen-bond acceptors (Lipinski definition) is 6. The van der Waals surface area contributed by atoms with Crippen molar-refractivity contribution in [3.05, 3.63) is 59.0 Å². The predicted molar refractivity (Wildman–Crippen MR) is 99.7 cm³/mol. The topological polar surface area (TPSA) is 70.2 Å². The minimum Gasteiger partial charge on any atom is -0.481 e. The summed E-state index contributed by atoms with van der Waals surface area (Å²) >= 11 is 1.19. The predicted octanol–water partition coefficient (Wildman–Crippen LogP) is 4.28. The molecule has 0 bridgehead atoms. The maximum absolute atomic E-state index is 12.9. The number of hydrogen-bond donors (Lipinski definition) is 0. The van der Waals surface area contributed by atoms with Gasteiger partial charge in [-0.05, 0) is 51.1 Å². The summed E-state index contributed by atoms with van der Waals surface area (Å²) in [4.78, 5) is 12.4. The number of Topliss-reactive ketones (excluding diaryl/α,β-unsaturated/α-hetero) is 1. The van der Waals surface area contributed by atoms with Crippen molar-refractivity contribution in [3.8, 4) is 5.75 Å². The molecule has 2 aromatic heterocycles. The van der Waals surface area contributed by atoms with Gasteiger partial charge in [0.25, 0.3) is 11.1 Å². The van der Waals surface area contributed by atoms with Crippen molar-refractivity contribution in [2.45, 2.75) is 32.1 Å². The van der Waals surface area contributed by atoms with Crippen molar-refractivity contribution in [1.82, 2.24) is 14.8 Å². The highest BCUT2D eigenvalue weighted by Gasteiger charge is 2.19. The van der Waals surface area contributed by atoms with E-state index in [1.54, 1.807) is 6.92 Å². The van der Waals surface area contributed by atoms with Crippen molar-refractivity contribution < 1.29 is 18.3 Å². The van der Waals surface area contributed by atoms with Crippen LogP contribution in [0.3, 0.4) is 0 Å². The highest BCUT2D eigenvalue weighted by Crippen LogP contribution is 2.25. The molecular formula is C19H20FN3O3S. The fourth-order valence-electron chi connectivity index (χ4n) is 2.55. The third-order valence-electron chi connectivity index (χ3n) is 4.30. The Hall–Kier alpha value is -2.61. The van der Waals surface area contributed by atoms with Gasteiger partial charge >= 0.3 is 0 Å². The molecule has 3 rings (SSSR count). The van der Waals surface area contributed by atoms with Gasteiger partial charge in [-0.1, -0.05) is 11.8 Å². The second kappa shape index (κ2) is 7.96. The van der Waals surface area contributed by atoms with Gasteiger partial charge in [0.15, 0.2) is 11.9 Å². The first-order chi connectivity index (χ1) is 12.8. The molecule has 2 heterocycles. The van der Waals surface area contributed by atoms with Gasteiger partial charge < -0.3 is 13.7 Å². The van der Waals surface area contributed by atoms with Gasteiger partial charge in [0.1, 0.15) is 11.6 Å². The first kappa shape index (κ1) is 19.2. The van der Waals surface area contributed by atoms with E-state index in [9.17, 15) is 9.18 Å². The van der Waals surface area contributed by atoms with E-state index < -0.39 is 6.10 Å². The van der Waals surface area contributed by atoms with E-state index in [1.165, 1.54) is 36.0 Å². The number of carbonyl (C=O) groups excluding carboxylic acids is 1. The average molecular weight is 389 g/mol. The minimum absolute atomic E-state index is 0.0107. The zero-order chi connectivity index (χ0) is 19.6. The van der Waals surface area contributed by atoms with Crippen molar-refractivity contribution in [1.29, 1.82) is 0 Å². The number of ketones is 1. The van der Waals surface area contributed by atoms with Crippen molar-refractivity contribution in [2.75, 3.05) is 5.75 Å². The van der Waals surface area contributed by atoms with Crippen LogP contribution >= 0.6 is 11.8 Å². The summed E-state index contributed by atoms with van der Waals surface area (Å²) < 4.78 is 26.2. The van der Waals surface area contributed by atoms with Crippen LogP contribution in [0.25, 0.3) is 0 Å². The zero-order valence-electron chi connectivity index (χ0n) is 15.5. The van der Waals surface area contributed by atoms with Crippen LogP contribution in [0.15, 0.2) is 40.0 Å². The van der Waals surface area contributed by atoms with Crippen LogP contribution in [0.4, 0.5) is 4.39 Å².